The van der Waals surface area contributed by atoms with Gasteiger partial charge in [-0.25, -0.2) is 9.38 Å². The van der Waals surface area contributed by atoms with E-state index in [0.717, 1.165) is 0 Å². The molecule has 4 atom stereocenters. The summed E-state index contributed by atoms with van der Waals surface area (Å²) in [6.45, 7) is 3.04. The van der Waals surface area contributed by atoms with E-state index in [2.05, 4.69) is 11.6 Å². The van der Waals surface area contributed by atoms with Gasteiger partial charge >= 0.3 is 0 Å². The maximum absolute atomic E-state index is 14.2. The van der Waals surface area contributed by atoms with Crippen LogP contribution in [0.15, 0.2) is 29.7 Å². The fourth-order valence-corrected chi connectivity index (χ4v) is 2.34. The minimum Gasteiger partial charge on any atom is -0.393 e. The summed E-state index contributed by atoms with van der Waals surface area (Å²) in [6.07, 6.45) is -1.56. The first-order valence-corrected chi connectivity index (χ1v) is 6.15. The number of aliphatic hydroxyl groups excluding tert-OH is 2. The summed E-state index contributed by atoms with van der Waals surface area (Å²) in [6, 6.07) is 0. The minimum atomic E-state index is -1.76. The number of nitrogens with zero attached hydrogens (tertiary/aromatic N) is 2. The molecule has 2 heterocycles. The Morgan fingerprint density at radius 1 is 1.68 bits per heavy atom. The molecule has 0 aromatic heterocycles. The highest BCUT2D eigenvalue weighted by atomic mass is 35.5. The Morgan fingerprint density at radius 2 is 2.37 bits per heavy atom. The second-order valence-electron chi connectivity index (χ2n) is 4.43. The predicted octanol–water partition coefficient (Wildman–Crippen LogP) is -0.331. The molecule has 2 rings (SSSR count). The summed E-state index contributed by atoms with van der Waals surface area (Å²) in [4.78, 5) is 5.18. The molecule has 0 amide bonds. The number of alkyl halides is 2. The molecule has 0 bridgehead atoms. The molecule has 0 spiro atoms. The number of ether oxygens (including phenoxy) is 1. The van der Waals surface area contributed by atoms with Gasteiger partial charge in [0.05, 0.1) is 12.5 Å². The van der Waals surface area contributed by atoms with Crippen LogP contribution in [0, 0.1) is 0 Å². The van der Waals surface area contributed by atoms with Crippen molar-refractivity contribution in [3.8, 4) is 0 Å². The van der Waals surface area contributed by atoms with E-state index in [1.807, 2.05) is 0 Å². The van der Waals surface area contributed by atoms with Crippen molar-refractivity contribution < 1.29 is 19.3 Å². The van der Waals surface area contributed by atoms with Gasteiger partial charge in [-0.1, -0.05) is 6.58 Å². The Balaban J connectivity index is 2.24. The van der Waals surface area contributed by atoms with Gasteiger partial charge in [0.2, 0.25) is 0 Å². The molecular weight excluding hydrogens is 277 g/mol. The maximum Gasteiger partial charge on any atom is 0.174 e. The van der Waals surface area contributed by atoms with Gasteiger partial charge in [-0.2, -0.15) is 0 Å². The number of halogens is 2. The van der Waals surface area contributed by atoms with Crippen LogP contribution in [0.2, 0.25) is 0 Å². The third kappa shape index (κ3) is 2.23. The van der Waals surface area contributed by atoms with Crippen LogP contribution in [0.5, 0.6) is 0 Å². The van der Waals surface area contributed by atoms with Crippen molar-refractivity contribution in [3.63, 3.8) is 0 Å². The van der Waals surface area contributed by atoms with Gasteiger partial charge in [0, 0.05) is 6.20 Å². The van der Waals surface area contributed by atoms with Gasteiger partial charge in [0.15, 0.2) is 12.4 Å². The molecular formula is C11H15ClFN3O3. The maximum atomic E-state index is 14.2. The van der Waals surface area contributed by atoms with Crippen molar-refractivity contribution >= 4 is 17.4 Å². The van der Waals surface area contributed by atoms with Gasteiger partial charge in [-0.05, 0) is 6.08 Å². The number of amidine groups is 1. The van der Waals surface area contributed by atoms with E-state index in [1.165, 1.54) is 17.2 Å². The standard InChI is InChI=1S/C11H15ClFN3O3/c1-6-15-7(14)2-3-16(6)10-8(13)9(18)11(4-12,5-17)19-10/h2-3,8-10,17-18H,1,4-5H2,(H2,14,15)/t8-,9+,10-,11-/m1/s1. The molecule has 2 aliphatic rings. The highest BCUT2D eigenvalue weighted by Gasteiger charge is 2.56. The first-order chi connectivity index (χ1) is 8.95. The van der Waals surface area contributed by atoms with Crippen LogP contribution >= 0.6 is 11.6 Å². The van der Waals surface area contributed by atoms with Gasteiger partial charge in [0.25, 0.3) is 0 Å². The summed E-state index contributed by atoms with van der Waals surface area (Å²) in [5, 5.41) is 19.1. The van der Waals surface area contributed by atoms with E-state index < -0.39 is 30.7 Å². The Hall–Kier alpha value is -1.15. The van der Waals surface area contributed by atoms with Crippen LogP contribution in [0.4, 0.5) is 4.39 Å². The molecule has 1 fully saturated rings. The van der Waals surface area contributed by atoms with Crippen LogP contribution in [-0.4, -0.2) is 57.5 Å². The highest BCUT2D eigenvalue weighted by molar-refractivity contribution is 6.18. The molecule has 2 aliphatic heterocycles. The van der Waals surface area contributed by atoms with E-state index in [-0.39, 0.29) is 17.5 Å². The summed E-state index contributed by atoms with van der Waals surface area (Å²) in [5.74, 6) is 0.181. The third-order valence-corrected chi connectivity index (χ3v) is 3.65. The average Bonchev–Trinajstić information content (AvgIpc) is 2.64. The van der Waals surface area contributed by atoms with Crippen molar-refractivity contribution in [1.29, 1.82) is 0 Å². The highest BCUT2D eigenvalue weighted by Crippen LogP contribution is 2.37. The van der Waals surface area contributed by atoms with E-state index in [0.29, 0.717) is 0 Å². The number of aliphatic hydroxyl groups is 2. The van der Waals surface area contributed by atoms with Crippen molar-refractivity contribution in [2.45, 2.75) is 24.1 Å². The topological polar surface area (TPSA) is 91.3 Å². The monoisotopic (exact) mass is 291 g/mol. The molecule has 1 saturated heterocycles. The van der Waals surface area contributed by atoms with Gasteiger partial charge in [0.1, 0.15) is 23.4 Å². The van der Waals surface area contributed by atoms with Crippen LogP contribution in [0.25, 0.3) is 0 Å². The number of rotatable bonds is 3. The summed E-state index contributed by atoms with van der Waals surface area (Å²) >= 11 is 5.67. The van der Waals surface area contributed by atoms with E-state index in [1.54, 1.807) is 0 Å². The molecule has 0 saturated carbocycles. The van der Waals surface area contributed by atoms with Crippen LogP contribution in [0.3, 0.4) is 0 Å². The first-order valence-electron chi connectivity index (χ1n) is 5.61. The molecule has 0 unspecified atom stereocenters. The van der Waals surface area contributed by atoms with Crippen molar-refractivity contribution in [1.82, 2.24) is 4.90 Å². The lowest BCUT2D eigenvalue weighted by Gasteiger charge is -2.31. The summed E-state index contributed by atoms with van der Waals surface area (Å²) in [5.41, 5.74) is 3.95. The largest absolute Gasteiger partial charge is 0.393 e. The lowest BCUT2D eigenvalue weighted by molar-refractivity contribution is -0.121. The smallest absolute Gasteiger partial charge is 0.174 e. The Bertz CT molecular complexity index is 439. The molecule has 0 aliphatic carbocycles. The van der Waals surface area contributed by atoms with Gasteiger partial charge in [-0.3, -0.25) is 0 Å². The van der Waals surface area contributed by atoms with E-state index in [4.69, 9.17) is 22.1 Å². The SMILES string of the molecule is C=C1N=C(N)C=CN1[C@@H]1O[C@@](CO)(CCl)[C@@H](O)[C@H]1F. The predicted molar refractivity (Wildman–Crippen MR) is 68.1 cm³/mol. The molecule has 0 radical (unpaired) electrons. The number of aliphatic imine (C=N–C) groups is 1. The van der Waals surface area contributed by atoms with Crippen molar-refractivity contribution in [3.05, 3.63) is 24.7 Å². The second-order valence-corrected chi connectivity index (χ2v) is 4.70. The quantitative estimate of drug-likeness (QED) is 0.619. The van der Waals surface area contributed by atoms with Crippen molar-refractivity contribution in [2.24, 2.45) is 10.7 Å². The summed E-state index contributed by atoms with van der Waals surface area (Å²) < 4.78 is 19.6. The first kappa shape index (κ1) is 14.3. The molecule has 6 nitrogen and oxygen atoms in total. The van der Waals surface area contributed by atoms with Gasteiger partial charge in [-0.15, -0.1) is 11.6 Å². The number of nitrogens with two attached hydrogens (primary N) is 1. The lowest BCUT2D eigenvalue weighted by Crippen LogP contribution is -2.47. The van der Waals surface area contributed by atoms with Crippen molar-refractivity contribution in [2.75, 3.05) is 12.5 Å². The molecule has 106 valence electrons. The average molecular weight is 292 g/mol. The number of hydrogen-bond acceptors (Lipinski definition) is 6. The molecule has 8 heteroatoms. The molecule has 4 N–H and O–H groups in total. The normalized spacial score (nSPS) is 38.7. The third-order valence-electron chi connectivity index (χ3n) is 3.20. The Morgan fingerprint density at radius 3 is 2.84 bits per heavy atom. The summed E-state index contributed by atoms with van der Waals surface area (Å²) in [7, 11) is 0. The van der Waals surface area contributed by atoms with E-state index in [9.17, 15) is 14.6 Å². The minimum absolute atomic E-state index is 0.183. The fraction of sp³-hybridized carbons (Fsp3) is 0.545. The van der Waals surface area contributed by atoms with E-state index >= 15 is 0 Å². The fourth-order valence-electron chi connectivity index (χ4n) is 2.03. The van der Waals surface area contributed by atoms with Crippen LogP contribution < -0.4 is 5.73 Å². The number of hydrogen-bond donors (Lipinski definition) is 3. The Kier molecular flexibility index (Phi) is 3.82. The molecule has 0 aromatic carbocycles. The zero-order chi connectivity index (χ0) is 14.2. The molecule has 0 aromatic rings. The second kappa shape index (κ2) is 5.09. The van der Waals surface area contributed by atoms with Crippen LogP contribution in [-0.2, 0) is 4.74 Å². The zero-order valence-corrected chi connectivity index (χ0v) is 10.8. The molecule has 19 heavy (non-hydrogen) atoms. The van der Waals surface area contributed by atoms with Gasteiger partial charge < -0.3 is 25.6 Å². The Labute approximate surface area is 114 Å². The lowest BCUT2D eigenvalue weighted by atomic mass is 9.99. The zero-order valence-electron chi connectivity index (χ0n) is 10.0. The van der Waals surface area contributed by atoms with Crippen LogP contribution in [0.1, 0.15) is 0 Å².